The first-order valence-corrected chi connectivity index (χ1v) is 20.1. The molecule has 0 aliphatic carbocycles. The van der Waals surface area contributed by atoms with Gasteiger partial charge in [-0.05, 0) is 12.1 Å². The van der Waals surface area contributed by atoms with Crippen molar-refractivity contribution in [3.63, 3.8) is 0 Å². The van der Waals surface area contributed by atoms with E-state index in [1.165, 1.54) is 0 Å². The summed E-state index contributed by atoms with van der Waals surface area (Å²) < 4.78 is 305. The third-order valence-electron chi connectivity index (χ3n) is 9.31. The van der Waals surface area contributed by atoms with Crippen LogP contribution in [0.3, 0.4) is 0 Å². The molecule has 0 aliphatic heterocycles. The number of halogens is 20. The molecular weight excluding hydrogens is 963 g/mol. The van der Waals surface area contributed by atoms with Crippen molar-refractivity contribution in [3.8, 4) is 0 Å². The third kappa shape index (κ3) is 8.69. The Kier molecular flexibility index (Phi) is 16.0. The van der Waals surface area contributed by atoms with Crippen molar-refractivity contribution in [2.45, 2.75) is 4.90 Å². The van der Waals surface area contributed by atoms with Crippen molar-refractivity contribution in [1.29, 1.82) is 0 Å². The van der Waals surface area contributed by atoms with Gasteiger partial charge in [0.05, 0.1) is 13.2 Å². The number of aliphatic hydroxyl groups excluding tert-OH is 2. The summed E-state index contributed by atoms with van der Waals surface area (Å²) in [6, 6.07) is 6.75. The van der Waals surface area contributed by atoms with Gasteiger partial charge in [0.25, 0.3) is 0 Å². The van der Waals surface area contributed by atoms with Gasteiger partial charge in [-0.2, -0.15) is 0 Å². The lowest BCUT2D eigenvalue weighted by atomic mass is 9.12. The van der Waals surface area contributed by atoms with E-state index in [4.69, 9.17) is 10.2 Å². The summed E-state index contributed by atoms with van der Waals surface area (Å²) in [6.45, 7) is 0.0638. The maximum absolute atomic E-state index is 15.4. The van der Waals surface area contributed by atoms with Gasteiger partial charge in [0.2, 0.25) is 5.78 Å². The van der Waals surface area contributed by atoms with Gasteiger partial charge >= 0.3 is 0 Å². The Hall–Kier alpha value is -5.15. The second kappa shape index (κ2) is 19.9. The first-order valence-electron chi connectivity index (χ1n) is 16.8. The molecule has 0 amide bonds. The van der Waals surface area contributed by atoms with Crippen LogP contribution in [0.1, 0.15) is 10.4 Å². The maximum Gasteiger partial charge on any atom is 0.211 e. The van der Waals surface area contributed by atoms with Crippen molar-refractivity contribution in [2.75, 3.05) is 36.7 Å². The van der Waals surface area contributed by atoms with Crippen LogP contribution in [0.15, 0.2) is 29.2 Å². The molecule has 27 heteroatoms. The van der Waals surface area contributed by atoms with Gasteiger partial charge in [-0.1, -0.05) is 12.1 Å². The number of carbonyl (C=O) groups is 1. The number of hydrogen-bond acceptors (Lipinski definition) is 4. The first-order chi connectivity index (χ1) is 29.8. The van der Waals surface area contributed by atoms with Gasteiger partial charge in [-0.25, -0.2) is 87.8 Å². The molecule has 5 aromatic rings. The zero-order valence-electron chi connectivity index (χ0n) is 31.0. The van der Waals surface area contributed by atoms with Crippen LogP contribution in [-0.4, -0.2) is 63.1 Å². The molecule has 0 saturated heterocycles. The second-order valence-electron chi connectivity index (χ2n) is 12.8. The van der Waals surface area contributed by atoms with Crippen LogP contribution < -0.4 is 21.9 Å². The first kappa shape index (κ1) is 51.5. The van der Waals surface area contributed by atoms with Crippen molar-refractivity contribution in [2.24, 2.45) is 0 Å². The highest BCUT2D eigenvalue weighted by molar-refractivity contribution is 7.97. The lowest BCUT2D eigenvalue weighted by molar-refractivity contribution is 0.102. The molecule has 0 saturated carbocycles. The Morgan fingerprint density at radius 3 is 0.859 bits per heavy atom. The van der Waals surface area contributed by atoms with Crippen LogP contribution in [0.4, 0.5) is 87.8 Å². The van der Waals surface area contributed by atoms with E-state index in [-0.39, 0.29) is 29.9 Å². The standard InChI is InChI=1S/C24BF20.C13H19O4S2/c26-5-1(6(27)14(35)21(42)13(5)34)25(2-7(28)15(36)22(43)16(37)8(2)29,3-9(30)17(38)23(44)18(39)10(3)31)4-11(32)19(40)24(45)20(41)12(4)33;1-18(17)12-4-2-11(3-5-12)13(16)10-19(8-6-14)9-7-15/h;2-5,14-15H,6-10H2,1H3/q-1;+1. The number of aliphatic hydroxyl groups is 2. The van der Waals surface area contributed by atoms with Crippen LogP contribution in [0.25, 0.3) is 0 Å². The molecule has 0 fully saturated rings. The number of Topliss-reactive ketones (excluding diaryl/α,β-unsaturated/α-hetero) is 1. The smallest absolute Gasteiger partial charge is 0.211 e. The quantitative estimate of drug-likeness (QED) is 0.0399. The van der Waals surface area contributed by atoms with Gasteiger partial charge < -0.3 is 10.2 Å². The van der Waals surface area contributed by atoms with Gasteiger partial charge in [-0.3, -0.25) is 9.00 Å². The summed E-state index contributed by atoms with van der Waals surface area (Å²) in [5.41, 5.74) is -13.7. The van der Waals surface area contributed by atoms with Gasteiger partial charge in [0, 0.05) is 38.4 Å². The van der Waals surface area contributed by atoms with E-state index in [1.54, 1.807) is 30.5 Å². The lowest BCUT2D eigenvalue weighted by Crippen LogP contribution is -2.81. The largest absolute Gasteiger partial charge is 0.391 e. The highest BCUT2D eigenvalue weighted by Gasteiger charge is 2.52. The SMILES string of the molecule is CS(=O)c1ccc(C(=O)C[S+](CCO)CCO)cc1.Fc1c(F)c(F)c([B-](c2c(F)c(F)c(F)c(F)c2F)(c2c(F)c(F)c(F)c(F)c2F)c2c(F)c(F)c(F)c(F)c2F)c(F)c1F. The van der Waals surface area contributed by atoms with Crippen molar-refractivity contribution in [3.05, 3.63) is 146 Å². The minimum Gasteiger partial charge on any atom is -0.391 e. The second-order valence-corrected chi connectivity index (χ2v) is 16.5. The van der Waals surface area contributed by atoms with Crippen molar-refractivity contribution < 1.29 is 107 Å². The number of hydrogen-bond donors (Lipinski definition) is 2. The van der Waals surface area contributed by atoms with Crippen LogP contribution >= 0.6 is 0 Å². The van der Waals surface area contributed by atoms with Crippen LogP contribution in [0.5, 0.6) is 0 Å². The topological polar surface area (TPSA) is 74.6 Å². The van der Waals surface area contributed by atoms with Gasteiger partial charge in [-0.15, -0.1) is 21.9 Å². The highest BCUT2D eigenvalue weighted by atomic mass is 32.2. The molecule has 0 aromatic heterocycles. The molecule has 1 atom stereocenters. The Bertz CT molecular complexity index is 2300. The van der Waals surface area contributed by atoms with E-state index in [2.05, 4.69) is 0 Å². The van der Waals surface area contributed by atoms with Crippen LogP contribution in [0.2, 0.25) is 0 Å². The average molecular weight is 982 g/mol. The van der Waals surface area contributed by atoms with Crippen LogP contribution in [0, 0.1) is 116 Å². The lowest BCUT2D eigenvalue weighted by Gasteiger charge is -2.44. The fourth-order valence-electron chi connectivity index (χ4n) is 6.48. The fraction of sp³-hybridized carbons (Fsp3) is 0.162. The normalized spacial score (nSPS) is 12.2. The maximum atomic E-state index is 15.4. The molecular formula is C37H19BF20O4S2. The minimum atomic E-state index is -7.22. The van der Waals surface area contributed by atoms with E-state index >= 15 is 35.1 Å². The van der Waals surface area contributed by atoms with Crippen molar-refractivity contribution in [1.82, 2.24) is 0 Å². The molecule has 346 valence electrons. The highest BCUT2D eigenvalue weighted by Crippen LogP contribution is 2.31. The number of rotatable bonds is 12. The van der Waals surface area contributed by atoms with E-state index in [1.807, 2.05) is 0 Å². The Labute approximate surface area is 349 Å². The van der Waals surface area contributed by atoms with Gasteiger partial charge in [0.15, 0.2) is 75.6 Å². The minimum absolute atomic E-state index is 0.00123. The molecule has 4 nitrogen and oxygen atoms in total. The van der Waals surface area contributed by atoms with Crippen molar-refractivity contribution >= 4 is 55.5 Å². The summed E-state index contributed by atoms with van der Waals surface area (Å²) >= 11 is 0. The van der Waals surface area contributed by atoms with E-state index in [9.17, 15) is 61.7 Å². The summed E-state index contributed by atoms with van der Waals surface area (Å²) in [6.07, 6.45) is -5.62. The summed E-state index contributed by atoms with van der Waals surface area (Å²) in [4.78, 5) is 12.7. The molecule has 0 spiro atoms. The molecule has 0 radical (unpaired) electrons. The predicted octanol–water partition coefficient (Wildman–Crippen LogP) is 6.06. The zero-order chi connectivity index (χ0) is 48.6. The van der Waals surface area contributed by atoms with E-state index in [0.717, 1.165) is 0 Å². The Morgan fingerprint density at radius 1 is 0.438 bits per heavy atom. The molecule has 64 heavy (non-hydrogen) atoms. The molecule has 0 heterocycles. The molecule has 5 rings (SSSR count). The third-order valence-corrected chi connectivity index (χ3v) is 12.4. The fourth-order valence-corrected chi connectivity index (χ4v) is 8.55. The average Bonchev–Trinajstić information content (AvgIpc) is 3.26. The van der Waals surface area contributed by atoms with Gasteiger partial charge in [0.1, 0.15) is 64.2 Å². The Balaban J connectivity index is 0.000000395. The zero-order valence-corrected chi connectivity index (χ0v) is 32.6. The number of benzene rings is 5. The van der Waals surface area contributed by atoms with E-state index in [0.29, 0.717) is 27.7 Å². The molecule has 0 aliphatic rings. The summed E-state index contributed by atoms with van der Waals surface area (Å²) in [5.74, 6) is -70.0. The summed E-state index contributed by atoms with van der Waals surface area (Å²) in [7, 11) is -1.32. The van der Waals surface area contributed by atoms with E-state index < -0.39 is 155 Å². The summed E-state index contributed by atoms with van der Waals surface area (Å²) in [5, 5.41) is 17.8. The Morgan fingerprint density at radius 2 is 0.656 bits per heavy atom. The predicted molar refractivity (Wildman–Crippen MR) is 188 cm³/mol. The monoisotopic (exact) mass is 982 g/mol. The number of ketones is 1. The molecule has 5 aromatic carbocycles. The molecule has 1 unspecified atom stereocenters. The molecule has 2 N–H and O–H groups in total. The number of carbonyl (C=O) groups excluding carboxylic acids is 1. The van der Waals surface area contributed by atoms with Crippen LogP contribution in [-0.2, 0) is 21.7 Å². The molecule has 0 bridgehead atoms.